The standard InChI is InChI=1S/C18H19ClN4O2/c19-15-1-3-16(4-2-15)23-12-11-22(18(23)25)13-17(24)21-10-7-14-5-8-20-9-6-14/h1-6,8-9H,7,10-13H2,(H,21,24). The quantitative estimate of drug-likeness (QED) is 0.862. The number of halogens is 1. The molecule has 7 heteroatoms. The minimum absolute atomic E-state index is 0.0687. The van der Waals surface area contributed by atoms with Crippen molar-refractivity contribution in [3.8, 4) is 0 Å². The van der Waals surface area contributed by atoms with Crippen molar-refractivity contribution in [2.75, 3.05) is 31.1 Å². The molecule has 3 rings (SSSR count). The zero-order valence-electron chi connectivity index (χ0n) is 13.7. The van der Waals surface area contributed by atoms with Gasteiger partial charge < -0.3 is 10.2 Å². The van der Waals surface area contributed by atoms with Crippen molar-refractivity contribution in [1.29, 1.82) is 0 Å². The summed E-state index contributed by atoms with van der Waals surface area (Å²) in [5, 5.41) is 3.48. The highest BCUT2D eigenvalue weighted by Gasteiger charge is 2.30. The van der Waals surface area contributed by atoms with Gasteiger partial charge in [-0.15, -0.1) is 0 Å². The van der Waals surface area contributed by atoms with E-state index in [1.165, 1.54) is 0 Å². The summed E-state index contributed by atoms with van der Waals surface area (Å²) in [5.74, 6) is -0.152. The van der Waals surface area contributed by atoms with Gasteiger partial charge in [0.2, 0.25) is 5.91 Å². The Bertz CT molecular complexity index is 737. The van der Waals surface area contributed by atoms with Gasteiger partial charge in [-0.3, -0.25) is 14.7 Å². The Hall–Kier alpha value is -2.60. The zero-order valence-corrected chi connectivity index (χ0v) is 14.4. The number of carbonyl (C=O) groups is 2. The van der Waals surface area contributed by atoms with E-state index >= 15 is 0 Å². The molecule has 0 radical (unpaired) electrons. The van der Waals surface area contributed by atoms with Crippen molar-refractivity contribution < 1.29 is 9.59 Å². The van der Waals surface area contributed by atoms with Gasteiger partial charge in [0.15, 0.2) is 0 Å². The first-order chi connectivity index (χ1) is 12.1. The van der Waals surface area contributed by atoms with Crippen LogP contribution >= 0.6 is 11.6 Å². The third kappa shape index (κ3) is 4.48. The summed E-state index contributed by atoms with van der Waals surface area (Å²) in [5.41, 5.74) is 1.90. The lowest BCUT2D eigenvalue weighted by Crippen LogP contribution is -2.40. The van der Waals surface area contributed by atoms with Gasteiger partial charge >= 0.3 is 6.03 Å². The number of anilines is 1. The Kier molecular flexibility index (Phi) is 5.50. The number of carbonyl (C=O) groups excluding carboxylic acids is 2. The maximum atomic E-state index is 12.5. The molecular formula is C18H19ClN4O2. The molecule has 25 heavy (non-hydrogen) atoms. The predicted octanol–water partition coefficient (Wildman–Crippen LogP) is 2.34. The number of amides is 3. The molecule has 130 valence electrons. The van der Waals surface area contributed by atoms with Crippen LogP contribution in [0.15, 0.2) is 48.8 Å². The fraction of sp³-hybridized carbons (Fsp3) is 0.278. The van der Waals surface area contributed by atoms with Crippen molar-refractivity contribution in [3.63, 3.8) is 0 Å². The maximum absolute atomic E-state index is 12.5. The van der Waals surface area contributed by atoms with E-state index in [0.717, 1.165) is 17.7 Å². The molecule has 1 aromatic heterocycles. The molecule has 1 fully saturated rings. The second kappa shape index (κ2) is 7.98. The summed E-state index contributed by atoms with van der Waals surface area (Å²) in [4.78, 5) is 31.7. The molecule has 6 nitrogen and oxygen atoms in total. The van der Waals surface area contributed by atoms with Crippen LogP contribution in [0.1, 0.15) is 5.56 Å². The van der Waals surface area contributed by atoms with Gasteiger partial charge in [0, 0.05) is 42.7 Å². The zero-order chi connectivity index (χ0) is 17.6. The summed E-state index contributed by atoms with van der Waals surface area (Å²) < 4.78 is 0. The van der Waals surface area contributed by atoms with E-state index in [1.54, 1.807) is 46.5 Å². The second-order valence-electron chi connectivity index (χ2n) is 5.79. The van der Waals surface area contributed by atoms with Crippen LogP contribution < -0.4 is 10.2 Å². The summed E-state index contributed by atoms with van der Waals surface area (Å²) in [6.07, 6.45) is 4.19. The number of aromatic nitrogens is 1. The van der Waals surface area contributed by atoms with E-state index in [2.05, 4.69) is 10.3 Å². The van der Waals surface area contributed by atoms with Crippen LogP contribution in [0.25, 0.3) is 0 Å². The topological polar surface area (TPSA) is 65.5 Å². The molecule has 0 unspecified atom stereocenters. The molecule has 0 saturated carbocycles. The van der Waals surface area contributed by atoms with Crippen LogP contribution in [0.5, 0.6) is 0 Å². The third-order valence-electron chi connectivity index (χ3n) is 4.05. The summed E-state index contributed by atoms with van der Waals surface area (Å²) in [7, 11) is 0. The Morgan fingerprint density at radius 2 is 1.84 bits per heavy atom. The van der Waals surface area contributed by atoms with E-state index in [9.17, 15) is 9.59 Å². The Morgan fingerprint density at radius 3 is 2.56 bits per heavy atom. The fourth-order valence-electron chi connectivity index (χ4n) is 2.71. The lowest BCUT2D eigenvalue weighted by molar-refractivity contribution is -0.121. The molecule has 1 saturated heterocycles. The van der Waals surface area contributed by atoms with Gasteiger partial charge in [-0.05, 0) is 48.4 Å². The Balaban J connectivity index is 1.47. The molecule has 1 aliphatic heterocycles. The molecule has 0 spiro atoms. The van der Waals surface area contributed by atoms with Gasteiger partial charge in [0.05, 0.1) is 0 Å². The molecule has 0 aliphatic carbocycles. The van der Waals surface area contributed by atoms with Crippen molar-refractivity contribution in [2.45, 2.75) is 6.42 Å². The molecule has 2 aromatic rings. The first kappa shape index (κ1) is 17.2. The molecular weight excluding hydrogens is 340 g/mol. The van der Waals surface area contributed by atoms with E-state index < -0.39 is 0 Å². The number of hydrogen-bond donors (Lipinski definition) is 1. The molecule has 0 atom stereocenters. The fourth-order valence-corrected chi connectivity index (χ4v) is 2.84. The molecule has 1 N–H and O–H groups in total. The van der Waals surface area contributed by atoms with Crippen LogP contribution in [0.2, 0.25) is 5.02 Å². The molecule has 1 aromatic carbocycles. The first-order valence-corrected chi connectivity index (χ1v) is 8.49. The average molecular weight is 359 g/mol. The van der Waals surface area contributed by atoms with Gasteiger partial charge in [0.1, 0.15) is 6.54 Å². The third-order valence-corrected chi connectivity index (χ3v) is 4.30. The van der Waals surface area contributed by atoms with Crippen molar-refractivity contribution in [1.82, 2.24) is 15.2 Å². The highest BCUT2D eigenvalue weighted by molar-refractivity contribution is 6.30. The van der Waals surface area contributed by atoms with E-state index in [1.807, 2.05) is 12.1 Å². The van der Waals surface area contributed by atoms with Crippen LogP contribution in [-0.4, -0.2) is 48.0 Å². The highest BCUT2D eigenvalue weighted by Crippen LogP contribution is 2.22. The van der Waals surface area contributed by atoms with Crippen molar-refractivity contribution in [2.24, 2.45) is 0 Å². The monoisotopic (exact) mass is 358 g/mol. The number of nitrogens with one attached hydrogen (secondary N) is 1. The lowest BCUT2D eigenvalue weighted by Gasteiger charge is -2.18. The average Bonchev–Trinajstić information content (AvgIpc) is 2.97. The first-order valence-electron chi connectivity index (χ1n) is 8.11. The lowest BCUT2D eigenvalue weighted by atomic mass is 10.2. The molecule has 2 heterocycles. The van der Waals surface area contributed by atoms with Gasteiger partial charge in [0.25, 0.3) is 0 Å². The van der Waals surface area contributed by atoms with Crippen molar-refractivity contribution >= 4 is 29.2 Å². The normalized spacial score (nSPS) is 14.0. The molecule has 3 amide bonds. The number of rotatable bonds is 6. The van der Waals surface area contributed by atoms with E-state index in [0.29, 0.717) is 24.7 Å². The van der Waals surface area contributed by atoms with Gasteiger partial charge in [-0.25, -0.2) is 4.79 Å². The summed E-state index contributed by atoms with van der Waals surface area (Å²) in [6.45, 7) is 1.69. The van der Waals surface area contributed by atoms with E-state index in [4.69, 9.17) is 11.6 Å². The van der Waals surface area contributed by atoms with Crippen LogP contribution in [-0.2, 0) is 11.2 Å². The minimum Gasteiger partial charge on any atom is -0.354 e. The summed E-state index contributed by atoms with van der Waals surface area (Å²) in [6, 6.07) is 10.8. The maximum Gasteiger partial charge on any atom is 0.325 e. The molecule has 1 aliphatic rings. The largest absolute Gasteiger partial charge is 0.354 e. The number of pyridine rings is 1. The molecule has 0 bridgehead atoms. The van der Waals surface area contributed by atoms with Crippen LogP contribution in [0, 0.1) is 0 Å². The number of urea groups is 1. The number of benzene rings is 1. The smallest absolute Gasteiger partial charge is 0.325 e. The number of hydrogen-bond acceptors (Lipinski definition) is 3. The second-order valence-corrected chi connectivity index (χ2v) is 6.22. The van der Waals surface area contributed by atoms with Crippen LogP contribution in [0.3, 0.4) is 0 Å². The van der Waals surface area contributed by atoms with E-state index in [-0.39, 0.29) is 18.5 Å². The summed E-state index contributed by atoms with van der Waals surface area (Å²) >= 11 is 5.87. The SMILES string of the molecule is O=C(CN1CCN(c2ccc(Cl)cc2)C1=O)NCCc1ccncc1. The predicted molar refractivity (Wildman–Crippen MR) is 96.7 cm³/mol. The highest BCUT2D eigenvalue weighted by atomic mass is 35.5. The number of nitrogens with zero attached hydrogens (tertiary/aromatic N) is 3. The Labute approximate surface area is 151 Å². The van der Waals surface area contributed by atoms with Gasteiger partial charge in [-0.1, -0.05) is 11.6 Å². The van der Waals surface area contributed by atoms with Gasteiger partial charge in [-0.2, -0.15) is 0 Å². The van der Waals surface area contributed by atoms with Crippen LogP contribution in [0.4, 0.5) is 10.5 Å². The Morgan fingerprint density at radius 1 is 1.12 bits per heavy atom. The minimum atomic E-state index is -0.161. The van der Waals surface area contributed by atoms with Crippen molar-refractivity contribution in [3.05, 3.63) is 59.4 Å².